The molecule has 2 N–H and O–H groups in total. The average molecular weight is 377 g/mol. The van der Waals surface area contributed by atoms with E-state index in [2.05, 4.69) is 15.5 Å². The highest BCUT2D eigenvalue weighted by atomic mass is 19.4. The van der Waals surface area contributed by atoms with Crippen LogP contribution >= 0.6 is 0 Å². The van der Waals surface area contributed by atoms with Crippen LogP contribution in [0.5, 0.6) is 11.5 Å². The number of hydrogen-bond donors (Lipinski definition) is 2. The van der Waals surface area contributed by atoms with E-state index < -0.39 is 11.7 Å². The minimum absolute atomic E-state index is 0.167. The standard InChI is InChI=1S/C19H18F3N3O2/c20-19(21,22)13-8-12-9-15(10-13)27-7-5-23-4-1-6-26-14-2-3-17-16(11-14)18(12)25-24-17/h2-3,8-11,23H,1,4-7H2,(H,24,25). The van der Waals surface area contributed by atoms with Gasteiger partial charge in [-0.2, -0.15) is 18.3 Å². The maximum Gasteiger partial charge on any atom is 0.416 e. The molecule has 0 saturated heterocycles. The number of aromatic amines is 1. The van der Waals surface area contributed by atoms with Crippen molar-refractivity contribution in [3.05, 3.63) is 42.0 Å². The van der Waals surface area contributed by atoms with E-state index >= 15 is 0 Å². The summed E-state index contributed by atoms with van der Waals surface area (Å²) in [6.07, 6.45) is -3.67. The van der Waals surface area contributed by atoms with Crippen molar-refractivity contribution in [2.75, 3.05) is 26.3 Å². The van der Waals surface area contributed by atoms with Crippen LogP contribution in [0.15, 0.2) is 36.4 Å². The van der Waals surface area contributed by atoms with Crippen molar-refractivity contribution in [1.82, 2.24) is 15.5 Å². The van der Waals surface area contributed by atoms with E-state index in [9.17, 15) is 13.2 Å². The molecule has 2 heterocycles. The molecular formula is C19H18F3N3O2. The molecule has 142 valence electrons. The minimum atomic E-state index is -4.48. The Labute approximate surface area is 153 Å². The van der Waals surface area contributed by atoms with Crippen molar-refractivity contribution in [2.45, 2.75) is 12.6 Å². The fraction of sp³-hybridized carbons (Fsp3) is 0.316. The Morgan fingerprint density at radius 1 is 0.926 bits per heavy atom. The summed E-state index contributed by atoms with van der Waals surface area (Å²) in [5.41, 5.74) is 0.726. The van der Waals surface area contributed by atoms with E-state index in [1.807, 2.05) is 12.1 Å². The fourth-order valence-corrected chi connectivity index (χ4v) is 3.04. The van der Waals surface area contributed by atoms with E-state index in [1.54, 1.807) is 12.1 Å². The largest absolute Gasteiger partial charge is 0.494 e. The Morgan fingerprint density at radius 3 is 2.63 bits per heavy atom. The predicted octanol–water partition coefficient (Wildman–Crippen LogP) is 4.00. The van der Waals surface area contributed by atoms with Gasteiger partial charge in [0.25, 0.3) is 0 Å². The van der Waals surface area contributed by atoms with Crippen LogP contribution in [0.1, 0.15) is 12.0 Å². The highest BCUT2D eigenvalue weighted by Crippen LogP contribution is 2.37. The number of alkyl halides is 3. The normalized spacial score (nSPS) is 15.7. The van der Waals surface area contributed by atoms with Crippen LogP contribution in [0, 0.1) is 0 Å². The van der Waals surface area contributed by atoms with E-state index in [0.29, 0.717) is 35.5 Å². The van der Waals surface area contributed by atoms with Crippen molar-refractivity contribution in [2.24, 2.45) is 0 Å². The van der Waals surface area contributed by atoms with Gasteiger partial charge in [0.1, 0.15) is 23.8 Å². The summed E-state index contributed by atoms with van der Waals surface area (Å²) < 4.78 is 51.4. The summed E-state index contributed by atoms with van der Waals surface area (Å²) >= 11 is 0. The number of nitrogens with zero attached hydrogens (tertiary/aromatic N) is 1. The van der Waals surface area contributed by atoms with Crippen molar-refractivity contribution >= 4 is 10.9 Å². The molecular weight excluding hydrogens is 359 g/mol. The summed E-state index contributed by atoms with van der Waals surface area (Å²) in [6, 6.07) is 9.11. The maximum absolute atomic E-state index is 13.4. The number of rotatable bonds is 0. The van der Waals surface area contributed by atoms with Gasteiger partial charge in [0, 0.05) is 17.5 Å². The Balaban J connectivity index is 1.85. The second kappa shape index (κ2) is 7.11. The molecule has 4 rings (SSSR count). The number of fused-ring (bicyclic) bond motifs is 4. The number of H-pyrrole nitrogens is 1. The number of halogens is 3. The van der Waals surface area contributed by atoms with Crippen LogP contribution in [-0.4, -0.2) is 36.5 Å². The molecule has 1 aliphatic rings. The lowest BCUT2D eigenvalue weighted by Crippen LogP contribution is -2.23. The third-order valence-corrected chi connectivity index (χ3v) is 4.36. The molecule has 0 fully saturated rings. The number of ether oxygens (including phenoxy) is 2. The van der Waals surface area contributed by atoms with E-state index in [-0.39, 0.29) is 12.4 Å². The van der Waals surface area contributed by atoms with Crippen LogP contribution < -0.4 is 14.8 Å². The van der Waals surface area contributed by atoms with Gasteiger partial charge in [-0.05, 0) is 49.4 Å². The van der Waals surface area contributed by atoms with Gasteiger partial charge in [0.05, 0.1) is 17.7 Å². The number of benzene rings is 2. The average Bonchev–Trinajstić information content (AvgIpc) is 3.05. The Hall–Kier alpha value is -2.74. The van der Waals surface area contributed by atoms with Gasteiger partial charge >= 0.3 is 6.18 Å². The smallest absolute Gasteiger partial charge is 0.416 e. The molecule has 27 heavy (non-hydrogen) atoms. The molecule has 8 heteroatoms. The van der Waals surface area contributed by atoms with Gasteiger partial charge in [0.15, 0.2) is 0 Å². The van der Waals surface area contributed by atoms with Crippen LogP contribution in [-0.2, 0) is 6.18 Å². The Bertz CT molecular complexity index is 953. The molecule has 0 aliphatic carbocycles. The third-order valence-electron chi connectivity index (χ3n) is 4.36. The first-order chi connectivity index (χ1) is 13.0. The van der Waals surface area contributed by atoms with Gasteiger partial charge in [-0.3, -0.25) is 5.10 Å². The number of hydrogen-bond acceptors (Lipinski definition) is 4. The monoisotopic (exact) mass is 377 g/mol. The summed E-state index contributed by atoms with van der Waals surface area (Å²) in [4.78, 5) is 0. The van der Waals surface area contributed by atoms with Crippen molar-refractivity contribution in [1.29, 1.82) is 0 Å². The molecule has 1 aromatic heterocycles. The van der Waals surface area contributed by atoms with Crippen LogP contribution in [0.2, 0.25) is 0 Å². The molecule has 4 bridgehead atoms. The predicted molar refractivity (Wildman–Crippen MR) is 95.0 cm³/mol. The quantitative estimate of drug-likeness (QED) is 0.622. The summed E-state index contributed by atoms with van der Waals surface area (Å²) in [7, 11) is 0. The zero-order valence-corrected chi connectivity index (χ0v) is 14.4. The van der Waals surface area contributed by atoms with Crippen molar-refractivity contribution < 1.29 is 22.6 Å². The van der Waals surface area contributed by atoms with E-state index in [1.165, 1.54) is 0 Å². The SMILES string of the molecule is FC(F)(F)c1cc2cc(c1)-c1n[nH]c3ccc(cc13)OCCCNCCO2. The lowest BCUT2D eigenvalue weighted by Gasteiger charge is -2.13. The first-order valence-corrected chi connectivity index (χ1v) is 8.68. The highest BCUT2D eigenvalue weighted by molar-refractivity contribution is 5.94. The van der Waals surface area contributed by atoms with Crippen LogP contribution in [0.25, 0.3) is 22.2 Å². The molecule has 5 nitrogen and oxygen atoms in total. The molecule has 0 unspecified atom stereocenters. The minimum Gasteiger partial charge on any atom is -0.494 e. The molecule has 0 radical (unpaired) electrons. The van der Waals surface area contributed by atoms with Gasteiger partial charge in [-0.25, -0.2) is 0 Å². The molecule has 0 atom stereocenters. The summed E-state index contributed by atoms with van der Waals surface area (Å²) in [6.45, 7) is 2.08. The Kier molecular flexibility index (Phi) is 4.65. The first kappa shape index (κ1) is 17.7. The van der Waals surface area contributed by atoms with Crippen LogP contribution in [0.3, 0.4) is 0 Å². The number of aromatic nitrogens is 2. The third kappa shape index (κ3) is 3.85. The van der Waals surface area contributed by atoms with Crippen LogP contribution in [0.4, 0.5) is 13.2 Å². The topological polar surface area (TPSA) is 59.2 Å². The van der Waals surface area contributed by atoms with Gasteiger partial charge in [-0.15, -0.1) is 0 Å². The van der Waals surface area contributed by atoms with Gasteiger partial charge in [0.2, 0.25) is 0 Å². The fourth-order valence-electron chi connectivity index (χ4n) is 3.04. The molecule has 2 aromatic carbocycles. The summed E-state index contributed by atoms with van der Waals surface area (Å²) in [5.74, 6) is 0.823. The molecule has 1 aliphatic heterocycles. The first-order valence-electron chi connectivity index (χ1n) is 8.68. The van der Waals surface area contributed by atoms with Crippen molar-refractivity contribution in [3.63, 3.8) is 0 Å². The zero-order valence-electron chi connectivity index (χ0n) is 14.4. The molecule has 0 amide bonds. The molecule has 3 aromatic rings. The second-order valence-corrected chi connectivity index (χ2v) is 6.32. The van der Waals surface area contributed by atoms with Gasteiger partial charge in [-0.1, -0.05) is 0 Å². The van der Waals surface area contributed by atoms with Gasteiger partial charge < -0.3 is 14.8 Å². The lowest BCUT2D eigenvalue weighted by atomic mass is 10.0. The van der Waals surface area contributed by atoms with E-state index in [0.717, 1.165) is 30.6 Å². The maximum atomic E-state index is 13.4. The Morgan fingerprint density at radius 2 is 1.78 bits per heavy atom. The number of nitrogens with one attached hydrogen (secondary N) is 2. The zero-order chi connectivity index (χ0) is 18.9. The molecule has 0 spiro atoms. The van der Waals surface area contributed by atoms with Crippen molar-refractivity contribution in [3.8, 4) is 22.8 Å². The van der Waals surface area contributed by atoms with E-state index in [4.69, 9.17) is 9.47 Å². The highest BCUT2D eigenvalue weighted by Gasteiger charge is 2.32. The lowest BCUT2D eigenvalue weighted by molar-refractivity contribution is -0.137. The molecule has 0 saturated carbocycles. The summed E-state index contributed by atoms with van der Waals surface area (Å²) in [5, 5.41) is 11.0. The second-order valence-electron chi connectivity index (χ2n) is 6.32.